The van der Waals surface area contributed by atoms with Crippen LogP contribution in [0.2, 0.25) is 0 Å². The van der Waals surface area contributed by atoms with Gasteiger partial charge in [0.05, 0.1) is 0 Å². The van der Waals surface area contributed by atoms with Crippen molar-refractivity contribution >= 4 is 11.8 Å². The zero-order chi connectivity index (χ0) is 14.2. The highest BCUT2D eigenvalue weighted by Gasteiger charge is 2.58. The number of piperidine rings is 1. The van der Waals surface area contributed by atoms with Crippen LogP contribution in [0.25, 0.3) is 0 Å². The molecular weight excluding hydrogens is 254 g/mol. The van der Waals surface area contributed by atoms with Crippen LogP contribution in [0.5, 0.6) is 0 Å². The van der Waals surface area contributed by atoms with Crippen molar-refractivity contribution in [2.75, 3.05) is 13.1 Å². The number of nitrogens with one attached hydrogen (secondary N) is 2. The molecule has 2 aliphatic carbocycles. The zero-order valence-electron chi connectivity index (χ0n) is 12.0. The van der Waals surface area contributed by atoms with Gasteiger partial charge in [-0.2, -0.15) is 0 Å². The van der Waals surface area contributed by atoms with E-state index in [1.807, 2.05) is 0 Å². The fraction of sp³-hybridized carbons (Fsp3) is 0.867. The van der Waals surface area contributed by atoms with Crippen molar-refractivity contribution in [1.82, 2.24) is 10.6 Å². The van der Waals surface area contributed by atoms with Crippen molar-refractivity contribution in [3.63, 3.8) is 0 Å². The average Bonchev–Trinajstić information content (AvgIpc) is 3.14. The largest absolute Gasteiger partial charge is 0.368 e. The van der Waals surface area contributed by atoms with E-state index < -0.39 is 5.54 Å². The summed E-state index contributed by atoms with van der Waals surface area (Å²) in [6.45, 7) is 2.01. The van der Waals surface area contributed by atoms with Gasteiger partial charge in [-0.15, -0.1) is 0 Å². The van der Waals surface area contributed by atoms with Crippen LogP contribution < -0.4 is 16.4 Å². The van der Waals surface area contributed by atoms with Crippen LogP contribution in [0.4, 0.5) is 0 Å². The molecule has 1 heterocycles. The van der Waals surface area contributed by atoms with Crippen LogP contribution >= 0.6 is 0 Å². The maximum absolute atomic E-state index is 12.5. The molecule has 0 aromatic rings. The van der Waals surface area contributed by atoms with Crippen molar-refractivity contribution in [3.8, 4) is 0 Å². The van der Waals surface area contributed by atoms with Crippen LogP contribution in [0.1, 0.15) is 51.4 Å². The summed E-state index contributed by atoms with van der Waals surface area (Å²) in [4.78, 5) is 24.3. The van der Waals surface area contributed by atoms with Gasteiger partial charge in [-0.25, -0.2) is 0 Å². The molecule has 3 aliphatic rings. The van der Waals surface area contributed by atoms with E-state index in [9.17, 15) is 9.59 Å². The summed E-state index contributed by atoms with van der Waals surface area (Å²) in [6.07, 6.45) is 7.62. The Morgan fingerprint density at radius 1 is 1.05 bits per heavy atom. The Balaban J connectivity index is 1.64. The molecule has 112 valence electrons. The van der Waals surface area contributed by atoms with E-state index in [1.54, 1.807) is 0 Å². The molecule has 3 rings (SSSR count). The highest BCUT2D eigenvalue weighted by Crippen LogP contribution is 2.58. The first-order chi connectivity index (χ1) is 9.58. The maximum Gasteiger partial charge on any atom is 0.243 e. The smallest absolute Gasteiger partial charge is 0.243 e. The quantitative estimate of drug-likeness (QED) is 0.710. The number of primary amides is 1. The molecule has 5 heteroatoms. The predicted octanol–water partition coefficient (Wildman–Crippen LogP) is 0.680. The molecule has 3 fully saturated rings. The van der Waals surface area contributed by atoms with Gasteiger partial charge in [0.1, 0.15) is 5.54 Å². The lowest BCUT2D eigenvalue weighted by molar-refractivity contribution is -0.134. The summed E-state index contributed by atoms with van der Waals surface area (Å²) < 4.78 is 0. The molecule has 4 N–H and O–H groups in total. The number of carbonyl (C=O) groups excluding carboxylic acids is 2. The minimum absolute atomic E-state index is 0.0626. The second-order valence-electron chi connectivity index (χ2n) is 6.87. The molecule has 0 aromatic heterocycles. The van der Waals surface area contributed by atoms with Gasteiger partial charge in [-0.1, -0.05) is 19.3 Å². The lowest BCUT2D eigenvalue weighted by Gasteiger charge is -2.35. The van der Waals surface area contributed by atoms with E-state index in [4.69, 9.17) is 5.73 Å². The summed E-state index contributed by atoms with van der Waals surface area (Å²) in [5.41, 5.74) is 5.02. The number of carbonyl (C=O) groups is 2. The van der Waals surface area contributed by atoms with Gasteiger partial charge in [0.2, 0.25) is 11.8 Å². The summed E-state index contributed by atoms with van der Waals surface area (Å²) >= 11 is 0. The minimum Gasteiger partial charge on any atom is -0.368 e. The Morgan fingerprint density at radius 3 is 2.30 bits per heavy atom. The molecule has 0 unspecified atom stereocenters. The molecule has 2 saturated carbocycles. The fourth-order valence-electron chi connectivity index (χ4n) is 4.11. The summed E-state index contributed by atoms with van der Waals surface area (Å²) in [6, 6.07) is 0. The molecule has 5 nitrogen and oxygen atoms in total. The van der Waals surface area contributed by atoms with Crippen molar-refractivity contribution in [3.05, 3.63) is 0 Å². The molecule has 0 aromatic carbocycles. The number of hydrogen-bond donors (Lipinski definition) is 3. The van der Waals surface area contributed by atoms with E-state index in [-0.39, 0.29) is 23.1 Å². The fourth-order valence-corrected chi connectivity index (χ4v) is 4.11. The minimum atomic E-state index is -0.772. The van der Waals surface area contributed by atoms with Gasteiger partial charge >= 0.3 is 0 Å². The first-order valence-electron chi connectivity index (χ1n) is 7.91. The first-order valence-corrected chi connectivity index (χ1v) is 7.91. The molecule has 20 heavy (non-hydrogen) atoms. The molecule has 1 saturated heterocycles. The van der Waals surface area contributed by atoms with Crippen molar-refractivity contribution in [2.45, 2.75) is 56.9 Å². The third-order valence-electron chi connectivity index (χ3n) is 5.65. The van der Waals surface area contributed by atoms with Crippen LogP contribution in [0, 0.1) is 11.3 Å². The molecule has 0 radical (unpaired) electrons. The summed E-state index contributed by atoms with van der Waals surface area (Å²) in [7, 11) is 0. The number of nitrogens with two attached hydrogens (primary N) is 1. The van der Waals surface area contributed by atoms with Gasteiger partial charge in [0.15, 0.2) is 0 Å². The van der Waals surface area contributed by atoms with Gasteiger partial charge in [-0.05, 0) is 50.6 Å². The third-order valence-corrected chi connectivity index (χ3v) is 5.65. The van der Waals surface area contributed by atoms with E-state index in [0.29, 0.717) is 12.8 Å². The van der Waals surface area contributed by atoms with E-state index in [0.717, 1.165) is 51.6 Å². The van der Waals surface area contributed by atoms with Crippen molar-refractivity contribution in [1.29, 1.82) is 0 Å². The molecular formula is C15H25N3O2. The lowest BCUT2D eigenvalue weighted by atomic mass is 9.80. The Bertz CT molecular complexity index is 409. The topological polar surface area (TPSA) is 84.2 Å². The number of rotatable bonds is 3. The van der Waals surface area contributed by atoms with E-state index in [1.165, 1.54) is 0 Å². The van der Waals surface area contributed by atoms with Gasteiger partial charge in [-0.3, -0.25) is 9.59 Å². The SMILES string of the molecule is NC(=O)C1(NC(=O)[C@@H]2CC23CCNCC3)CCCCC1. The van der Waals surface area contributed by atoms with Gasteiger partial charge in [0, 0.05) is 5.92 Å². The monoisotopic (exact) mass is 279 g/mol. The average molecular weight is 279 g/mol. The Morgan fingerprint density at radius 2 is 1.70 bits per heavy atom. The number of hydrogen-bond acceptors (Lipinski definition) is 3. The maximum atomic E-state index is 12.5. The first kappa shape index (κ1) is 13.9. The van der Waals surface area contributed by atoms with Crippen LogP contribution in [-0.4, -0.2) is 30.4 Å². The summed E-state index contributed by atoms with van der Waals surface area (Å²) in [5.74, 6) is -0.194. The van der Waals surface area contributed by atoms with E-state index >= 15 is 0 Å². The molecule has 1 atom stereocenters. The van der Waals surface area contributed by atoms with Crippen molar-refractivity contribution in [2.24, 2.45) is 17.1 Å². The zero-order valence-corrected chi connectivity index (χ0v) is 12.0. The number of amides is 2. The molecule has 2 amide bonds. The predicted molar refractivity (Wildman–Crippen MR) is 75.8 cm³/mol. The molecule has 0 bridgehead atoms. The standard InChI is InChI=1S/C15H25N3O2/c16-13(20)15(4-2-1-3-5-15)18-12(19)11-10-14(11)6-8-17-9-7-14/h11,17H,1-10H2,(H2,16,20)(H,18,19)/t11-/m0/s1. The third kappa shape index (κ3) is 2.32. The highest BCUT2D eigenvalue weighted by molar-refractivity contribution is 5.92. The highest BCUT2D eigenvalue weighted by atomic mass is 16.2. The Kier molecular flexibility index (Phi) is 3.48. The normalized spacial score (nSPS) is 30.7. The Hall–Kier alpha value is -1.10. The van der Waals surface area contributed by atoms with E-state index in [2.05, 4.69) is 10.6 Å². The van der Waals surface area contributed by atoms with Gasteiger partial charge < -0.3 is 16.4 Å². The lowest BCUT2D eigenvalue weighted by Crippen LogP contribution is -2.59. The Labute approximate surface area is 120 Å². The summed E-state index contributed by atoms with van der Waals surface area (Å²) in [5, 5.41) is 6.37. The van der Waals surface area contributed by atoms with Gasteiger partial charge in [0.25, 0.3) is 0 Å². The molecule has 1 spiro atoms. The van der Waals surface area contributed by atoms with Crippen LogP contribution in [-0.2, 0) is 9.59 Å². The van der Waals surface area contributed by atoms with Crippen LogP contribution in [0.15, 0.2) is 0 Å². The van der Waals surface area contributed by atoms with Crippen LogP contribution in [0.3, 0.4) is 0 Å². The molecule has 1 aliphatic heterocycles. The van der Waals surface area contributed by atoms with Crippen molar-refractivity contribution < 1.29 is 9.59 Å². The second kappa shape index (κ2) is 5.02. The second-order valence-corrected chi connectivity index (χ2v) is 6.87.